The van der Waals surface area contributed by atoms with Gasteiger partial charge in [-0.1, -0.05) is 0 Å². The molecule has 0 fully saturated rings. The fourth-order valence-corrected chi connectivity index (χ4v) is 2.60. The van der Waals surface area contributed by atoms with Crippen molar-refractivity contribution in [2.24, 2.45) is 5.84 Å². The molecular weight excluding hydrogens is 298 g/mol. The number of nitro benzene ring substituents is 1. The minimum Gasteiger partial charge on any atom is -0.318 e. The van der Waals surface area contributed by atoms with E-state index in [1.807, 2.05) is 5.43 Å². The van der Waals surface area contributed by atoms with Crippen LogP contribution < -0.4 is 11.3 Å². The Morgan fingerprint density at radius 3 is 2.55 bits per heavy atom. The first-order chi connectivity index (χ1) is 9.20. The Balaban J connectivity index is 3.23. The zero-order chi connectivity index (χ0) is 15.5. The van der Waals surface area contributed by atoms with Crippen molar-refractivity contribution in [3.05, 3.63) is 28.3 Å². The number of hydrogen-bond donors (Lipinski definition) is 2. The lowest BCUT2D eigenvalue weighted by Crippen LogP contribution is -2.31. The number of nitrogens with zero attached hydrogens (tertiary/aromatic N) is 2. The fourth-order valence-electron chi connectivity index (χ4n) is 1.42. The summed E-state index contributed by atoms with van der Waals surface area (Å²) < 4.78 is 48.8. The number of nitro groups is 1. The van der Waals surface area contributed by atoms with Crippen LogP contribution in [0.5, 0.6) is 0 Å². The van der Waals surface area contributed by atoms with Gasteiger partial charge in [-0.3, -0.25) is 16.0 Å². The number of anilines is 1. The van der Waals surface area contributed by atoms with Crippen LogP contribution in [0, 0.1) is 10.1 Å². The molecule has 0 spiro atoms. The molecule has 0 aromatic heterocycles. The summed E-state index contributed by atoms with van der Waals surface area (Å²) in [6.45, 7) is -0.981. The van der Waals surface area contributed by atoms with E-state index in [2.05, 4.69) is 0 Å². The van der Waals surface area contributed by atoms with Gasteiger partial charge >= 0.3 is 0 Å². The van der Waals surface area contributed by atoms with Crippen molar-refractivity contribution in [1.82, 2.24) is 4.31 Å². The van der Waals surface area contributed by atoms with Crippen molar-refractivity contribution in [3.8, 4) is 0 Å². The van der Waals surface area contributed by atoms with Crippen LogP contribution in [0.1, 0.15) is 0 Å². The number of sulfonamides is 1. The maximum atomic E-state index is 12.2. The molecule has 0 radical (unpaired) electrons. The van der Waals surface area contributed by atoms with E-state index in [0.29, 0.717) is 4.31 Å². The van der Waals surface area contributed by atoms with Crippen LogP contribution in [0.3, 0.4) is 0 Å². The van der Waals surface area contributed by atoms with Gasteiger partial charge in [0, 0.05) is 13.1 Å². The second-order valence-electron chi connectivity index (χ2n) is 3.76. The van der Waals surface area contributed by atoms with Crippen LogP contribution in [0.25, 0.3) is 0 Å². The number of rotatable bonds is 6. The monoisotopic (exact) mass is 310 g/mol. The highest BCUT2D eigenvalue weighted by atomic mass is 32.2. The summed E-state index contributed by atoms with van der Waals surface area (Å²) in [5.74, 6) is 5.07. The minimum atomic E-state index is -4.17. The zero-order valence-corrected chi connectivity index (χ0v) is 11.1. The molecule has 0 heterocycles. The van der Waals surface area contributed by atoms with Crippen molar-refractivity contribution in [2.45, 2.75) is 11.3 Å². The van der Waals surface area contributed by atoms with Crippen LogP contribution in [0.4, 0.5) is 20.2 Å². The van der Waals surface area contributed by atoms with Crippen molar-refractivity contribution in [1.29, 1.82) is 0 Å². The van der Waals surface area contributed by atoms with Crippen LogP contribution >= 0.6 is 0 Å². The lowest BCUT2D eigenvalue weighted by Gasteiger charge is -2.17. The number of nitrogen functional groups attached to an aromatic ring is 1. The summed E-state index contributed by atoms with van der Waals surface area (Å²) in [7, 11) is -3.19. The molecule has 20 heavy (non-hydrogen) atoms. The van der Waals surface area contributed by atoms with Crippen molar-refractivity contribution in [2.75, 3.05) is 19.0 Å². The average molecular weight is 310 g/mol. The lowest BCUT2D eigenvalue weighted by atomic mass is 10.3. The highest BCUT2D eigenvalue weighted by Gasteiger charge is 2.26. The van der Waals surface area contributed by atoms with Crippen LogP contribution in [-0.2, 0) is 10.0 Å². The largest absolute Gasteiger partial charge is 0.318 e. The molecule has 1 rings (SSSR count). The molecule has 0 saturated carbocycles. The van der Waals surface area contributed by atoms with Gasteiger partial charge in [0.05, 0.1) is 16.4 Å². The van der Waals surface area contributed by atoms with Crippen LogP contribution in [-0.4, -0.2) is 37.7 Å². The van der Waals surface area contributed by atoms with Gasteiger partial charge in [0.25, 0.3) is 12.1 Å². The van der Waals surface area contributed by atoms with E-state index in [9.17, 15) is 27.3 Å². The molecule has 0 aliphatic carbocycles. The quantitative estimate of drug-likeness (QED) is 0.455. The highest BCUT2D eigenvalue weighted by molar-refractivity contribution is 7.89. The van der Waals surface area contributed by atoms with Gasteiger partial charge in [-0.25, -0.2) is 17.2 Å². The summed E-state index contributed by atoms with van der Waals surface area (Å²) >= 11 is 0. The van der Waals surface area contributed by atoms with E-state index in [-0.39, 0.29) is 10.6 Å². The standard InChI is InChI=1S/C9H12F2N4O4S/c1-14(5-9(10)11)20(18,19)6-2-3-8(15(16)17)7(4-6)13-12/h2-4,9,13H,5,12H2,1H3. The average Bonchev–Trinajstić information content (AvgIpc) is 2.36. The third kappa shape index (κ3) is 3.37. The molecule has 0 bridgehead atoms. The molecule has 1 aromatic rings. The Labute approximate surface area is 113 Å². The number of hydrazine groups is 1. The van der Waals surface area contributed by atoms with E-state index in [1.54, 1.807) is 0 Å². The van der Waals surface area contributed by atoms with E-state index in [1.165, 1.54) is 0 Å². The van der Waals surface area contributed by atoms with Gasteiger partial charge in [-0.15, -0.1) is 0 Å². The van der Waals surface area contributed by atoms with Gasteiger partial charge in [-0.05, 0) is 12.1 Å². The van der Waals surface area contributed by atoms with E-state index in [0.717, 1.165) is 25.2 Å². The number of benzene rings is 1. The third-order valence-electron chi connectivity index (χ3n) is 2.42. The molecule has 0 aliphatic heterocycles. The Hall–Kier alpha value is -1.85. The number of halogens is 2. The molecule has 1 aromatic carbocycles. The first-order valence-electron chi connectivity index (χ1n) is 5.19. The second kappa shape index (κ2) is 6.07. The maximum Gasteiger partial charge on any atom is 0.293 e. The first-order valence-corrected chi connectivity index (χ1v) is 6.63. The number of alkyl halides is 2. The molecule has 112 valence electrons. The molecule has 0 saturated heterocycles. The summed E-state index contributed by atoms with van der Waals surface area (Å²) in [6.07, 6.45) is -2.83. The predicted molar refractivity (Wildman–Crippen MR) is 66.7 cm³/mol. The molecule has 0 unspecified atom stereocenters. The molecule has 8 nitrogen and oxygen atoms in total. The molecule has 0 amide bonds. The molecule has 0 aliphatic rings. The van der Waals surface area contributed by atoms with E-state index >= 15 is 0 Å². The summed E-state index contributed by atoms with van der Waals surface area (Å²) in [4.78, 5) is 9.54. The number of nitrogens with two attached hydrogens (primary N) is 1. The van der Waals surface area contributed by atoms with E-state index in [4.69, 9.17) is 5.84 Å². The first kappa shape index (κ1) is 16.2. The van der Waals surface area contributed by atoms with Crippen LogP contribution in [0.15, 0.2) is 23.1 Å². The third-order valence-corrected chi connectivity index (χ3v) is 4.24. The van der Waals surface area contributed by atoms with Crippen LogP contribution in [0.2, 0.25) is 0 Å². The van der Waals surface area contributed by atoms with Crippen molar-refractivity contribution >= 4 is 21.4 Å². The smallest absolute Gasteiger partial charge is 0.293 e. The Morgan fingerprint density at radius 2 is 2.10 bits per heavy atom. The fraction of sp³-hybridized carbons (Fsp3) is 0.333. The summed E-state index contributed by atoms with van der Waals surface area (Å²) in [5.41, 5.74) is 1.33. The minimum absolute atomic E-state index is 0.235. The molecular formula is C9H12F2N4O4S. The summed E-state index contributed by atoms with van der Waals surface area (Å²) in [6, 6.07) is 2.80. The predicted octanol–water partition coefficient (Wildman–Crippen LogP) is 0.766. The van der Waals surface area contributed by atoms with Crippen molar-refractivity contribution < 1.29 is 22.1 Å². The Morgan fingerprint density at radius 1 is 1.50 bits per heavy atom. The lowest BCUT2D eigenvalue weighted by molar-refractivity contribution is -0.384. The summed E-state index contributed by atoms with van der Waals surface area (Å²) in [5, 5.41) is 10.7. The molecule has 0 atom stereocenters. The van der Waals surface area contributed by atoms with Gasteiger partial charge in [-0.2, -0.15) is 4.31 Å². The molecule has 3 N–H and O–H groups in total. The number of nitrogens with one attached hydrogen (secondary N) is 1. The SMILES string of the molecule is CN(CC(F)F)S(=O)(=O)c1ccc([N+](=O)[O-])c(NN)c1. The normalized spacial score (nSPS) is 11.9. The van der Waals surface area contributed by atoms with E-state index < -0.39 is 33.6 Å². The van der Waals surface area contributed by atoms with Gasteiger partial charge in [0.2, 0.25) is 10.0 Å². The van der Waals surface area contributed by atoms with Gasteiger partial charge in [0.1, 0.15) is 5.69 Å². The van der Waals surface area contributed by atoms with Gasteiger partial charge in [0.15, 0.2) is 0 Å². The Bertz CT molecular complexity index is 608. The highest BCUT2D eigenvalue weighted by Crippen LogP contribution is 2.27. The second-order valence-corrected chi connectivity index (χ2v) is 5.80. The van der Waals surface area contributed by atoms with Crippen molar-refractivity contribution in [3.63, 3.8) is 0 Å². The topological polar surface area (TPSA) is 119 Å². The zero-order valence-electron chi connectivity index (χ0n) is 10.3. The number of hydrogen-bond acceptors (Lipinski definition) is 6. The Kier molecular flexibility index (Phi) is 4.92. The molecule has 11 heteroatoms. The van der Waals surface area contributed by atoms with Gasteiger partial charge < -0.3 is 5.43 Å². The maximum absolute atomic E-state index is 12.2.